The summed E-state index contributed by atoms with van der Waals surface area (Å²) >= 11 is 0. The molecule has 0 aromatic heterocycles. The van der Waals surface area contributed by atoms with Gasteiger partial charge in [-0.1, -0.05) is 30.3 Å². The molecule has 0 heterocycles. The molecule has 0 saturated carbocycles. The first-order chi connectivity index (χ1) is 10.8. The monoisotopic (exact) mass is 322 g/mol. The third-order valence-corrected chi connectivity index (χ3v) is 3.35. The zero-order valence-electron chi connectivity index (χ0n) is 15.0. The lowest BCUT2D eigenvalue weighted by molar-refractivity contribution is 0.0203. The average molecular weight is 322 g/mol. The van der Waals surface area contributed by atoms with Gasteiger partial charge in [0.25, 0.3) is 0 Å². The highest BCUT2D eigenvalue weighted by Crippen LogP contribution is 2.12. The number of nitrogens with zero attached hydrogens (tertiary/aromatic N) is 1. The largest absolute Gasteiger partial charge is 0.444 e. The molecule has 1 aromatic carbocycles. The smallest absolute Gasteiger partial charge is 0.410 e. The molecule has 5 heteroatoms. The maximum atomic E-state index is 12.2. The fraction of sp³-hybridized carbons (Fsp3) is 0.611. The van der Waals surface area contributed by atoms with Gasteiger partial charge in [-0.25, -0.2) is 4.79 Å². The van der Waals surface area contributed by atoms with E-state index in [1.165, 1.54) is 5.56 Å². The molecule has 0 aliphatic rings. The van der Waals surface area contributed by atoms with E-state index in [-0.39, 0.29) is 12.1 Å². The third-order valence-electron chi connectivity index (χ3n) is 3.35. The molecule has 1 unspecified atom stereocenters. The normalized spacial score (nSPS) is 12.7. The first kappa shape index (κ1) is 19.5. The zero-order chi connectivity index (χ0) is 17.3. The second kappa shape index (κ2) is 9.53. The lowest BCUT2D eigenvalue weighted by Crippen LogP contribution is -2.42. The number of benzene rings is 1. The number of hydrogen-bond acceptors (Lipinski definition) is 4. The number of carbonyl (C=O) groups excluding carboxylic acids is 1. The van der Waals surface area contributed by atoms with Gasteiger partial charge in [0.2, 0.25) is 0 Å². The van der Waals surface area contributed by atoms with E-state index in [0.717, 1.165) is 0 Å². The highest BCUT2D eigenvalue weighted by molar-refractivity contribution is 5.68. The van der Waals surface area contributed by atoms with Gasteiger partial charge in [-0.3, -0.25) is 0 Å². The van der Waals surface area contributed by atoms with Gasteiger partial charge in [0.1, 0.15) is 5.60 Å². The van der Waals surface area contributed by atoms with Crippen LogP contribution in [0.25, 0.3) is 0 Å². The van der Waals surface area contributed by atoms with Gasteiger partial charge in [0, 0.05) is 32.8 Å². The minimum Gasteiger partial charge on any atom is -0.444 e. The fourth-order valence-electron chi connectivity index (χ4n) is 2.10. The molecule has 1 N–H and O–H groups in total. The number of ether oxygens (including phenoxy) is 2. The lowest BCUT2D eigenvalue weighted by atomic mass is 10.1. The third kappa shape index (κ3) is 8.00. The summed E-state index contributed by atoms with van der Waals surface area (Å²) in [5.74, 6) is 0. The maximum Gasteiger partial charge on any atom is 0.410 e. The van der Waals surface area contributed by atoms with E-state index >= 15 is 0 Å². The van der Waals surface area contributed by atoms with E-state index < -0.39 is 5.60 Å². The summed E-state index contributed by atoms with van der Waals surface area (Å²) in [5.41, 5.74) is 0.737. The second-order valence-corrected chi connectivity index (χ2v) is 6.55. The molecular formula is C18H30N2O3. The van der Waals surface area contributed by atoms with Crippen LogP contribution in [0.15, 0.2) is 30.3 Å². The summed E-state index contributed by atoms with van der Waals surface area (Å²) < 4.78 is 10.5. The Kier molecular flexibility index (Phi) is 8.06. The quantitative estimate of drug-likeness (QED) is 0.798. The molecule has 1 rings (SSSR count). The van der Waals surface area contributed by atoms with Crippen molar-refractivity contribution in [3.05, 3.63) is 35.9 Å². The Morgan fingerprint density at radius 3 is 2.43 bits per heavy atom. The topological polar surface area (TPSA) is 50.8 Å². The number of rotatable bonds is 8. The molecule has 0 saturated heterocycles. The van der Waals surface area contributed by atoms with Crippen LogP contribution in [0.1, 0.15) is 39.3 Å². The molecule has 0 radical (unpaired) electrons. The Morgan fingerprint density at radius 1 is 1.22 bits per heavy atom. The van der Waals surface area contributed by atoms with Gasteiger partial charge >= 0.3 is 6.09 Å². The minimum atomic E-state index is -0.493. The highest BCUT2D eigenvalue weighted by atomic mass is 16.6. The molecule has 0 aliphatic carbocycles. The molecule has 0 fully saturated rings. The van der Waals surface area contributed by atoms with Crippen molar-refractivity contribution in [3.63, 3.8) is 0 Å². The Bertz CT molecular complexity index is 457. The van der Waals surface area contributed by atoms with Crippen molar-refractivity contribution in [2.45, 2.75) is 39.3 Å². The van der Waals surface area contributed by atoms with Gasteiger partial charge in [-0.2, -0.15) is 0 Å². The van der Waals surface area contributed by atoms with Crippen molar-refractivity contribution in [3.8, 4) is 0 Å². The molecular weight excluding hydrogens is 292 g/mol. The van der Waals surface area contributed by atoms with Gasteiger partial charge in [-0.05, 0) is 33.3 Å². The number of methoxy groups -OCH3 is 1. The zero-order valence-corrected chi connectivity index (χ0v) is 15.0. The van der Waals surface area contributed by atoms with Crippen LogP contribution in [0.3, 0.4) is 0 Å². The highest BCUT2D eigenvalue weighted by Gasteiger charge is 2.21. The molecule has 130 valence electrons. The van der Waals surface area contributed by atoms with Gasteiger partial charge in [-0.15, -0.1) is 0 Å². The summed E-state index contributed by atoms with van der Waals surface area (Å²) in [6, 6.07) is 10.5. The second-order valence-electron chi connectivity index (χ2n) is 6.55. The molecule has 23 heavy (non-hydrogen) atoms. The Morgan fingerprint density at radius 2 is 1.87 bits per heavy atom. The van der Waals surface area contributed by atoms with Crippen LogP contribution in [-0.4, -0.2) is 49.9 Å². The van der Waals surface area contributed by atoms with Crippen molar-refractivity contribution >= 4 is 6.09 Å². The van der Waals surface area contributed by atoms with Crippen molar-refractivity contribution in [1.29, 1.82) is 0 Å². The van der Waals surface area contributed by atoms with E-state index in [4.69, 9.17) is 9.47 Å². The van der Waals surface area contributed by atoms with Crippen molar-refractivity contribution in [2.24, 2.45) is 0 Å². The SMILES string of the molecule is COCCN(CCNC(C)c1ccccc1)C(=O)OC(C)(C)C. The van der Waals surface area contributed by atoms with Crippen LogP contribution >= 0.6 is 0 Å². The summed E-state index contributed by atoms with van der Waals surface area (Å²) in [6.45, 7) is 10.0. The molecule has 1 aromatic rings. The Balaban J connectivity index is 2.49. The molecule has 1 amide bonds. The van der Waals surface area contributed by atoms with E-state index in [9.17, 15) is 4.79 Å². The van der Waals surface area contributed by atoms with Crippen LogP contribution < -0.4 is 5.32 Å². The first-order valence-electron chi connectivity index (χ1n) is 8.08. The predicted octanol–water partition coefficient (Wildman–Crippen LogP) is 3.22. The van der Waals surface area contributed by atoms with Crippen LogP contribution in [0.5, 0.6) is 0 Å². The van der Waals surface area contributed by atoms with Gasteiger partial charge < -0.3 is 19.7 Å². The average Bonchev–Trinajstić information content (AvgIpc) is 2.49. The van der Waals surface area contributed by atoms with Crippen molar-refractivity contribution in [2.75, 3.05) is 33.4 Å². The predicted molar refractivity (Wildman–Crippen MR) is 92.5 cm³/mol. The van der Waals surface area contributed by atoms with Crippen LogP contribution in [0.4, 0.5) is 4.79 Å². The first-order valence-corrected chi connectivity index (χ1v) is 8.08. The van der Waals surface area contributed by atoms with Crippen LogP contribution in [0, 0.1) is 0 Å². The van der Waals surface area contributed by atoms with Crippen molar-refractivity contribution in [1.82, 2.24) is 10.2 Å². The number of carbonyl (C=O) groups is 1. The Hall–Kier alpha value is -1.59. The van der Waals surface area contributed by atoms with E-state index in [1.54, 1.807) is 12.0 Å². The van der Waals surface area contributed by atoms with E-state index in [2.05, 4.69) is 24.4 Å². The van der Waals surface area contributed by atoms with Crippen LogP contribution in [-0.2, 0) is 9.47 Å². The number of nitrogens with one attached hydrogen (secondary N) is 1. The summed E-state index contributed by atoms with van der Waals surface area (Å²) in [4.78, 5) is 13.9. The number of hydrogen-bond donors (Lipinski definition) is 1. The number of amides is 1. The van der Waals surface area contributed by atoms with E-state index in [0.29, 0.717) is 26.2 Å². The summed E-state index contributed by atoms with van der Waals surface area (Å²) in [5, 5.41) is 3.43. The Labute approximate surface area is 140 Å². The van der Waals surface area contributed by atoms with Crippen molar-refractivity contribution < 1.29 is 14.3 Å². The standard InChI is InChI=1S/C18H30N2O3/c1-15(16-9-7-6-8-10-16)19-11-12-20(13-14-22-5)17(21)23-18(2,3)4/h6-10,15,19H,11-14H2,1-5H3. The molecule has 1 atom stereocenters. The molecule has 0 aliphatic heterocycles. The minimum absolute atomic E-state index is 0.235. The summed E-state index contributed by atoms with van der Waals surface area (Å²) in [6.07, 6.45) is -0.302. The lowest BCUT2D eigenvalue weighted by Gasteiger charge is -2.28. The molecule has 0 bridgehead atoms. The molecule has 0 spiro atoms. The van der Waals surface area contributed by atoms with Crippen LogP contribution in [0.2, 0.25) is 0 Å². The van der Waals surface area contributed by atoms with Gasteiger partial charge in [0.05, 0.1) is 6.61 Å². The maximum absolute atomic E-state index is 12.2. The molecule has 5 nitrogen and oxygen atoms in total. The fourth-order valence-corrected chi connectivity index (χ4v) is 2.10. The van der Waals surface area contributed by atoms with Gasteiger partial charge in [0.15, 0.2) is 0 Å². The van der Waals surface area contributed by atoms with E-state index in [1.807, 2.05) is 39.0 Å². The summed E-state index contributed by atoms with van der Waals surface area (Å²) in [7, 11) is 1.63.